The number of carbonyl (C=O) groups excluding carboxylic acids is 1. The number of carbonyl (C=O) groups is 1. The molecule has 7 heteroatoms. The summed E-state index contributed by atoms with van der Waals surface area (Å²) < 4.78 is 42.0. The predicted octanol–water partition coefficient (Wildman–Crippen LogP) is 4.72. The maximum absolute atomic E-state index is 13.2. The Balaban J connectivity index is 1.48. The zero-order valence-corrected chi connectivity index (χ0v) is 19.3. The van der Waals surface area contributed by atoms with Crippen LogP contribution in [-0.2, 0) is 22.9 Å². The molecule has 1 heterocycles. The smallest absolute Gasteiger partial charge is 0.258 e. The molecule has 1 amide bonds. The molecule has 0 spiro atoms. The van der Waals surface area contributed by atoms with Crippen LogP contribution in [0.25, 0.3) is 0 Å². The summed E-state index contributed by atoms with van der Waals surface area (Å²) in [5.41, 5.74) is 3.08. The van der Waals surface area contributed by atoms with Gasteiger partial charge < -0.3 is 4.90 Å². The van der Waals surface area contributed by atoms with Crippen molar-refractivity contribution in [1.29, 1.82) is 0 Å². The first-order valence-corrected chi connectivity index (χ1v) is 12.6. The van der Waals surface area contributed by atoms with Gasteiger partial charge in [-0.05, 0) is 86.2 Å². The average molecular weight is 467 g/mol. The van der Waals surface area contributed by atoms with Gasteiger partial charge >= 0.3 is 0 Å². The third-order valence-corrected chi connectivity index (χ3v) is 7.47. The van der Waals surface area contributed by atoms with Crippen molar-refractivity contribution in [1.82, 2.24) is 4.72 Å². The first kappa shape index (κ1) is 23.1. The molecule has 3 aromatic rings. The van der Waals surface area contributed by atoms with E-state index in [1.54, 1.807) is 23.1 Å². The van der Waals surface area contributed by atoms with Gasteiger partial charge in [-0.15, -0.1) is 0 Å². The number of nitrogens with one attached hydrogen (secondary N) is 1. The number of anilines is 1. The van der Waals surface area contributed by atoms with Crippen LogP contribution in [0.1, 0.15) is 41.3 Å². The van der Waals surface area contributed by atoms with Crippen molar-refractivity contribution >= 4 is 21.6 Å². The van der Waals surface area contributed by atoms with E-state index in [2.05, 4.69) is 4.72 Å². The maximum Gasteiger partial charge on any atom is 0.258 e. The summed E-state index contributed by atoms with van der Waals surface area (Å²) in [4.78, 5) is 14.8. The van der Waals surface area contributed by atoms with E-state index in [0.29, 0.717) is 30.6 Å². The fraction of sp³-hybridized carbons (Fsp3) is 0.269. The SMILES string of the molecule is CC(CCc1ccccc1)NS(=O)(=O)c1ccc2c(c1)CCCN2C(=O)c1ccc(F)cc1. The average Bonchev–Trinajstić information content (AvgIpc) is 2.82. The summed E-state index contributed by atoms with van der Waals surface area (Å²) in [6, 6.07) is 20.1. The highest BCUT2D eigenvalue weighted by Gasteiger charge is 2.26. The van der Waals surface area contributed by atoms with Crippen LogP contribution in [-0.4, -0.2) is 26.9 Å². The van der Waals surface area contributed by atoms with Gasteiger partial charge in [-0.3, -0.25) is 4.79 Å². The fourth-order valence-corrected chi connectivity index (χ4v) is 5.45. The largest absolute Gasteiger partial charge is 0.308 e. The topological polar surface area (TPSA) is 66.5 Å². The molecule has 0 fully saturated rings. The minimum Gasteiger partial charge on any atom is -0.308 e. The van der Waals surface area contributed by atoms with Crippen molar-refractivity contribution in [2.45, 2.75) is 43.5 Å². The van der Waals surface area contributed by atoms with Gasteiger partial charge in [-0.1, -0.05) is 30.3 Å². The Labute approximate surface area is 194 Å². The molecule has 1 N–H and O–H groups in total. The molecule has 1 aliphatic rings. The number of halogens is 1. The van der Waals surface area contributed by atoms with E-state index in [9.17, 15) is 17.6 Å². The summed E-state index contributed by atoms with van der Waals surface area (Å²) in [6.07, 6.45) is 2.89. The maximum atomic E-state index is 13.2. The van der Waals surface area contributed by atoms with Gasteiger partial charge in [0.2, 0.25) is 10.0 Å². The van der Waals surface area contributed by atoms with Gasteiger partial charge in [0, 0.05) is 23.8 Å². The number of sulfonamides is 1. The normalized spacial score (nSPS) is 14.5. The van der Waals surface area contributed by atoms with E-state index in [0.717, 1.165) is 18.4 Å². The minimum absolute atomic E-state index is 0.198. The number of amides is 1. The highest BCUT2D eigenvalue weighted by Crippen LogP contribution is 2.31. The van der Waals surface area contributed by atoms with E-state index >= 15 is 0 Å². The van der Waals surface area contributed by atoms with Gasteiger partial charge in [0.15, 0.2) is 0 Å². The summed E-state index contributed by atoms with van der Waals surface area (Å²) >= 11 is 0. The van der Waals surface area contributed by atoms with Crippen LogP contribution < -0.4 is 9.62 Å². The second-order valence-electron chi connectivity index (χ2n) is 8.40. The number of benzene rings is 3. The van der Waals surface area contributed by atoms with Crippen LogP contribution in [0.2, 0.25) is 0 Å². The van der Waals surface area contributed by atoms with Gasteiger partial charge in [-0.2, -0.15) is 0 Å². The van der Waals surface area contributed by atoms with Gasteiger partial charge in [0.1, 0.15) is 5.82 Å². The van der Waals surface area contributed by atoms with E-state index < -0.39 is 15.8 Å². The van der Waals surface area contributed by atoms with Crippen molar-refractivity contribution in [3.8, 4) is 0 Å². The Kier molecular flexibility index (Phi) is 6.91. The molecule has 0 aliphatic carbocycles. The third-order valence-electron chi connectivity index (χ3n) is 5.88. The molecule has 0 saturated heterocycles. The minimum atomic E-state index is -3.69. The lowest BCUT2D eigenvalue weighted by atomic mass is 10.0. The second kappa shape index (κ2) is 9.85. The molecule has 0 aromatic heterocycles. The third kappa shape index (κ3) is 5.49. The molecular weight excluding hydrogens is 439 g/mol. The van der Waals surface area contributed by atoms with Gasteiger partial charge in [-0.25, -0.2) is 17.5 Å². The molecule has 3 aromatic carbocycles. The standard InChI is InChI=1S/C26H27FN2O3S/c1-19(9-10-20-6-3-2-4-7-20)28-33(31,32)24-15-16-25-22(18-24)8-5-17-29(25)26(30)21-11-13-23(27)14-12-21/h2-4,6-7,11-16,18-19,28H,5,8-10,17H2,1H3. The highest BCUT2D eigenvalue weighted by atomic mass is 32.2. The quantitative estimate of drug-likeness (QED) is 0.548. The van der Waals surface area contributed by atoms with Gasteiger partial charge in [0.25, 0.3) is 5.91 Å². The Morgan fingerprint density at radius 1 is 1.06 bits per heavy atom. The fourth-order valence-electron chi connectivity index (χ4n) is 4.12. The lowest BCUT2D eigenvalue weighted by Crippen LogP contribution is -2.36. The highest BCUT2D eigenvalue weighted by molar-refractivity contribution is 7.89. The van der Waals surface area contributed by atoms with Crippen molar-refractivity contribution in [3.05, 3.63) is 95.3 Å². The van der Waals surface area contributed by atoms with E-state index in [1.807, 2.05) is 37.3 Å². The first-order valence-electron chi connectivity index (χ1n) is 11.1. The predicted molar refractivity (Wildman–Crippen MR) is 127 cm³/mol. The number of aryl methyl sites for hydroxylation is 2. The number of hydrogen-bond donors (Lipinski definition) is 1. The van der Waals surface area contributed by atoms with Crippen molar-refractivity contribution in [3.63, 3.8) is 0 Å². The molecular formula is C26H27FN2O3S. The Bertz CT molecular complexity index is 1230. The monoisotopic (exact) mass is 466 g/mol. The Morgan fingerprint density at radius 3 is 2.52 bits per heavy atom. The number of fused-ring (bicyclic) bond motifs is 1. The van der Waals surface area contributed by atoms with Crippen molar-refractivity contribution < 1.29 is 17.6 Å². The molecule has 0 saturated carbocycles. The summed E-state index contributed by atoms with van der Waals surface area (Å²) in [5, 5.41) is 0. The Hall–Kier alpha value is -3.03. The van der Waals surface area contributed by atoms with Gasteiger partial charge in [0.05, 0.1) is 4.90 Å². The van der Waals surface area contributed by atoms with E-state index in [1.165, 1.54) is 29.8 Å². The number of nitrogens with zero attached hydrogens (tertiary/aromatic N) is 1. The van der Waals surface area contributed by atoms with Crippen LogP contribution in [0.15, 0.2) is 77.7 Å². The number of hydrogen-bond acceptors (Lipinski definition) is 3. The molecule has 1 unspecified atom stereocenters. The van der Waals surface area contributed by atoms with Crippen LogP contribution in [0, 0.1) is 5.82 Å². The van der Waals surface area contributed by atoms with E-state index in [-0.39, 0.29) is 16.8 Å². The molecule has 1 atom stereocenters. The van der Waals surface area contributed by atoms with Crippen LogP contribution in [0.5, 0.6) is 0 Å². The van der Waals surface area contributed by atoms with Crippen molar-refractivity contribution in [2.75, 3.05) is 11.4 Å². The molecule has 4 rings (SSSR count). The molecule has 0 bridgehead atoms. The molecule has 172 valence electrons. The lowest BCUT2D eigenvalue weighted by Gasteiger charge is -2.30. The van der Waals surface area contributed by atoms with E-state index in [4.69, 9.17) is 0 Å². The molecule has 33 heavy (non-hydrogen) atoms. The zero-order chi connectivity index (χ0) is 23.4. The van der Waals surface area contributed by atoms with Crippen LogP contribution in [0.4, 0.5) is 10.1 Å². The second-order valence-corrected chi connectivity index (χ2v) is 10.1. The van der Waals surface area contributed by atoms with Crippen LogP contribution >= 0.6 is 0 Å². The summed E-state index contributed by atoms with van der Waals surface area (Å²) in [6.45, 7) is 2.39. The molecule has 0 radical (unpaired) electrons. The van der Waals surface area contributed by atoms with Crippen LogP contribution in [0.3, 0.4) is 0 Å². The molecule has 1 aliphatic heterocycles. The lowest BCUT2D eigenvalue weighted by molar-refractivity contribution is 0.0985. The zero-order valence-electron chi connectivity index (χ0n) is 18.5. The van der Waals surface area contributed by atoms with Crippen molar-refractivity contribution in [2.24, 2.45) is 0 Å². The molecule has 5 nitrogen and oxygen atoms in total. The summed E-state index contributed by atoms with van der Waals surface area (Å²) in [7, 11) is -3.69. The Morgan fingerprint density at radius 2 is 1.79 bits per heavy atom. The number of rotatable bonds is 7. The first-order chi connectivity index (χ1) is 15.8. The summed E-state index contributed by atoms with van der Waals surface area (Å²) in [5.74, 6) is -0.620.